The van der Waals surface area contributed by atoms with Gasteiger partial charge < -0.3 is 9.64 Å². The van der Waals surface area contributed by atoms with Gasteiger partial charge in [-0.25, -0.2) is 9.18 Å². The van der Waals surface area contributed by atoms with Gasteiger partial charge in [-0.15, -0.1) is 0 Å². The van der Waals surface area contributed by atoms with Crippen LogP contribution in [0.1, 0.15) is 43.1 Å². The molecule has 0 spiro atoms. The van der Waals surface area contributed by atoms with Crippen LogP contribution in [0.15, 0.2) is 48.5 Å². The van der Waals surface area contributed by atoms with Gasteiger partial charge in [-0.3, -0.25) is 4.79 Å². The molecule has 0 saturated carbocycles. The van der Waals surface area contributed by atoms with E-state index >= 15 is 0 Å². The van der Waals surface area contributed by atoms with Crippen LogP contribution in [0.3, 0.4) is 0 Å². The van der Waals surface area contributed by atoms with Crippen molar-refractivity contribution >= 4 is 17.6 Å². The molecule has 2 aromatic carbocycles. The Morgan fingerprint density at radius 2 is 1.68 bits per heavy atom. The normalized spacial score (nSPS) is 10.8. The summed E-state index contributed by atoms with van der Waals surface area (Å²) in [5.41, 5.74) is 1.84. The highest BCUT2D eigenvalue weighted by atomic mass is 19.1. The predicted molar refractivity (Wildman–Crippen MR) is 104 cm³/mol. The van der Waals surface area contributed by atoms with Crippen LogP contribution in [0.4, 0.5) is 10.1 Å². The van der Waals surface area contributed by atoms with Crippen molar-refractivity contribution in [2.75, 3.05) is 18.1 Å². The molecule has 146 valence electrons. The second-order valence-electron chi connectivity index (χ2n) is 7.33. The van der Waals surface area contributed by atoms with Crippen molar-refractivity contribution in [2.24, 2.45) is 0 Å². The van der Waals surface area contributed by atoms with Crippen LogP contribution in [0.25, 0.3) is 0 Å². The van der Waals surface area contributed by atoms with Gasteiger partial charge in [-0.2, -0.15) is 5.26 Å². The maximum Gasteiger partial charge on any atom is 0.338 e. The third-order valence-electron chi connectivity index (χ3n) is 4.20. The molecule has 0 atom stereocenters. The Bertz CT molecular complexity index is 863. The van der Waals surface area contributed by atoms with E-state index in [1.165, 1.54) is 29.2 Å². The van der Waals surface area contributed by atoms with Gasteiger partial charge in [0.15, 0.2) is 6.61 Å². The Morgan fingerprint density at radius 3 is 2.21 bits per heavy atom. The van der Waals surface area contributed by atoms with Crippen molar-refractivity contribution in [1.82, 2.24) is 0 Å². The van der Waals surface area contributed by atoms with Crippen molar-refractivity contribution in [3.05, 3.63) is 65.5 Å². The van der Waals surface area contributed by atoms with Crippen molar-refractivity contribution in [3.8, 4) is 6.07 Å². The molecule has 0 heterocycles. The number of ether oxygens (including phenoxy) is 1. The Labute approximate surface area is 164 Å². The molecule has 1 amide bonds. The summed E-state index contributed by atoms with van der Waals surface area (Å²) in [6, 6.07) is 14.4. The smallest absolute Gasteiger partial charge is 0.338 e. The van der Waals surface area contributed by atoms with E-state index in [1.54, 1.807) is 12.1 Å². The second-order valence-corrected chi connectivity index (χ2v) is 7.33. The second kappa shape index (κ2) is 9.14. The van der Waals surface area contributed by atoms with E-state index in [2.05, 4.69) is 20.8 Å². The minimum absolute atomic E-state index is 0.0329. The minimum atomic E-state index is -0.604. The van der Waals surface area contributed by atoms with Crippen LogP contribution in [-0.4, -0.2) is 25.0 Å². The molecule has 0 radical (unpaired) electrons. The molecule has 0 saturated heterocycles. The molecule has 0 aliphatic rings. The molecule has 0 bridgehead atoms. The SMILES string of the molecule is CC(C)(C)c1ccc(C(=O)OCC(=O)N(CCC#N)c2ccc(F)cc2)cc1. The van der Waals surface area contributed by atoms with E-state index in [0.29, 0.717) is 11.3 Å². The summed E-state index contributed by atoms with van der Waals surface area (Å²) in [5, 5.41) is 8.80. The van der Waals surface area contributed by atoms with Crippen LogP contribution in [0.5, 0.6) is 0 Å². The van der Waals surface area contributed by atoms with Crippen LogP contribution in [0, 0.1) is 17.1 Å². The van der Waals surface area contributed by atoms with Crippen molar-refractivity contribution in [1.29, 1.82) is 5.26 Å². The number of anilines is 1. The molecule has 2 rings (SSSR count). The lowest BCUT2D eigenvalue weighted by Crippen LogP contribution is -2.35. The van der Waals surface area contributed by atoms with E-state index in [-0.39, 0.29) is 18.4 Å². The highest BCUT2D eigenvalue weighted by Gasteiger charge is 2.19. The van der Waals surface area contributed by atoms with Crippen molar-refractivity contribution < 1.29 is 18.7 Å². The highest BCUT2D eigenvalue weighted by Crippen LogP contribution is 2.22. The van der Waals surface area contributed by atoms with Gasteiger partial charge in [-0.05, 0) is 47.4 Å². The number of hydrogen-bond acceptors (Lipinski definition) is 4. The molecule has 0 fully saturated rings. The molecule has 0 aliphatic carbocycles. The van der Waals surface area contributed by atoms with Crippen molar-refractivity contribution in [2.45, 2.75) is 32.6 Å². The minimum Gasteiger partial charge on any atom is -0.452 e. The summed E-state index contributed by atoms with van der Waals surface area (Å²) in [6.45, 7) is 5.88. The fourth-order valence-corrected chi connectivity index (χ4v) is 2.58. The topological polar surface area (TPSA) is 70.4 Å². The first-order chi connectivity index (χ1) is 13.2. The van der Waals surface area contributed by atoms with Gasteiger partial charge in [0, 0.05) is 12.2 Å². The van der Waals surface area contributed by atoms with Crippen LogP contribution < -0.4 is 4.90 Å². The summed E-state index contributed by atoms with van der Waals surface area (Å²) in [4.78, 5) is 26.0. The lowest BCUT2D eigenvalue weighted by Gasteiger charge is -2.22. The largest absolute Gasteiger partial charge is 0.452 e. The number of esters is 1. The van der Waals surface area contributed by atoms with Gasteiger partial charge in [-0.1, -0.05) is 32.9 Å². The Balaban J connectivity index is 2.04. The fourth-order valence-electron chi connectivity index (χ4n) is 2.58. The first-order valence-electron chi connectivity index (χ1n) is 8.93. The Kier molecular flexibility index (Phi) is 6.89. The first-order valence-corrected chi connectivity index (χ1v) is 8.93. The maximum atomic E-state index is 13.1. The van der Waals surface area contributed by atoms with E-state index in [1.807, 2.05) is 18.2 Å². The Morgan fingerprint density at radius 1 is 1.07 bits per heavy atom. The summed E-state index contributed by atoms with van der Waals surface area (Å²) in [5.74, 6) is -1.52. The van der Waals surface area contributed by atoms with Gasteiger partial charge >= 0.3 is 5.97 Å². The highest BCUT2D eigenvalue weighted by molar-refractivity contribution is 5.97. The summed E-state index contributed by atoms with van der Waals surface area (Å²) >= 11 is 0. The number of nitrogens with zero attached hydrogens (tertiary/aromatic N) is 2. The zero-order valence-electron chi connectivity index (χ0n) is 16.2. The van der Waals surface area contributed by atoms with E-state index < -0.39 is 24.3 Å². The Hall–Kier alpha value is -3.20. The number of hydrogen-bond donors (Lipinski definition) is 0. The number of benzene rings is 2. The zero-order valence-corrected chi connectivity index (χ0v) is 16.2. The average molecular weight is 382 g/mol. The summed E-state index contributed by atoms with van der Waals surface area (Å²) in [6.07, 6.45) is 0.103. The fraction of sp³-hybridized carbons (Fsp3) is 0.318. The number of halogens is 1. The molecular formula is C22H23FN2O3. The summed E-state index contributed by atoms with van der Waals surface area (Å²) in [7, 11) is 0. The molecule has 0 N–H and O–H groups in total. The predicted octanol–water partition coefficient (Wildman–Crippen LogP) is 4.23. The molecule has 5 nitrogen and oxygen atoms in total. The summed E-state index contributed by atoms with van der Waals surface area (Å²) < 4.78 is 18.3. The van der Waals surface area contributed by atoms with Crippen LogP contribution in [-0.2, 0) is 14.9 Å². The lowest BCUT2D eigenvalue weighted by atomic mass is 9.87. The van der Waals surface area contributed by atoms with Gasteiger partial charge in [0.25, 0.3) is 5.91 Å². The third-order valence-corrected chi connectivity index (χ3v) is 4.20. The molecule has 0 unspecified atom stereocenters. The quantitative estimate of drug-likeness (QED) is 0.701. The molecule has 0 aliphatic heterocycles. The lowest BCUT2D eigenvalue weighted by molar-refractivity contribution is -0.121. The third kappa shape index (κ3) is 5.65. The number of rotatable bonds is 6. The molecule has 28 heavy (non-hydrogen) atoms. The van der Waals surface area contributed by atoms with Gasteiger partial charge in [0.2, 0.25) is 0 Å². The average Bonchev–Trinajstić information content (AvgIpc) is 2.67. The number of carbonyl (C=O) groups is 2. The number of amides is 1. The van der Waals surface area contributed by atoms with Crippen molar-refractivity contribution in [3.63, 3.8) is 0 Å². The van der Waals surface area contributed by atoms with Gasteiger partial charge in [0.05, 0.1) is 18.1 Å². The monoisotopic (exact) mass is 382 g/mol. The number of carbonyl (C=O) groups excluding carboxylic acids is 2. The zero-order chi connectivity index (χ0) is 20.7. The molecular weight excluding hydrogens is 359 g/mol. The standard InChI is InChI=1S/C22H23FN2O3/c1-22(2,3)17-7-5-16(6-8-17)21(27)28-15-20(26)25(14-4-13-24)19-11-9-18(23)10-12-19/h5-12H,4,14-15H2,1-3H3. The van der Waals surface area contributed by atoms with E-state index in [4.69, 9.17) is 10.00 Å². The first kappa shape index (κ1) is 21.1. The molecule has 2 aromatic rings. The van der Waals surface area contributed by atoms with Gasteiger partial charge in [0.1, 0.15) is 5.82 Å². The van der Waals surface area contributed by atoms with Crippen LogP contribution in [0.2, 0.25) is 0 Å². The van der Waals surface area contributed by atoms with E-state index in [9.17, 15) is 14.0 Å². The number of nitriles is 1. The van der Waals surface area contributed by atoms with Crippen LogP contribution >= 0.6 is 0 Å². The van der Waals surface area contributed by atoms with E-state index in [0.717, 1.165) is 5.56 Å². The molecule has 6 heteroatoms. The molecule has 0 aromatic heterocycles. The maximum absolute atomic E-state index is 13.1.